The van der Waals surface area contributed by atoms with E-state index in [-0.39, 0.29) is 5.69 Å². The van der Waals surface area contributed by atoms with Gasteiger partial charge in [0.25, 0.3) is 5.69 Å². The highest BCUT2D eigenvalue weighted by Crippen LogP contribution is 2.62. The number of nitro groups is 1. The molecule has 2 aliphatic rings. The molecular formula is C15H16N2O2. The molecule has 3 rings (SSSR count). The first-order valence-corrected chi connectivity index (χ1v) is 6.76. The maximum Gasteiger partial charge on any atom is 0.269 e. The van der Waals surface area contributed by atoms with Gasteiger partial charge in [0, 0.05) is 12.1 Å². The maximum absolute atomic E-state index is 10.8. The number of non-ortho nitro benzene ring substituents is 1. The molecule has 2 aliphatic carbocycles. The average Bonchev–Trinajstić information content (AvgIpc) is 2.85. The van der Waals surface area contributed by atoms with Gasteiger partial charge in [-0.05, 0) is 36.7 Å². The molecule has 0 amide bonds. The number of hydrogen-bond acceptors (Lipinski definition) is 3. The Morgan fingerprint density at radius 3 is 2.53 bits per heavy atom. The third-order valence-corrected chi connectivity index (χ3v) is 4.84. The van der Waals surface area contributed by atoms with E-state index < -0.39 is 10.3 Å². The summed E-state index contributed by atoms with van der Waals surface area (Å²) in [5.41, 5.74) is 0.762. The number of nitriles is 1. The van der Waals surface area contributed by atoms with Crippen molar-refractivity contribution >= 4 is 5.69 Å². The molecule has 0 aliphatic heterocycles. The zero-order valence-corrected chi connectivity index (χ0v) is 10.8. The van der Waals surface area contributed by atoms with E-state index in [1.165, 1.54) is 31.7 Å². The van der Waals surface area contributed by atoms with E-state index in [9.17, 15) is 15.4 Å². The predicted octanol–water partition coefficient (Wildman–Crippen LogP) is 3.71. The Morgan fingerprint density at radius 1 is 1.26 bits per heavy atom. The summed E-state index contributed by atoms with van der Waals surface area (Å²) < 4.78 is 0. The van der Waals surface area contributed by atoms with Gasteiger partial charge in [-0.3, -0.25) is 10.1 Å². The first kappa shape index (κ1) is 12.2. The van der Waals surface area contributed by atoms with E-state index in [4.69, 9.17) is 0 Å². The van der Waals surface area contributed by atoms with Gasteiger partial charge in [-0.25, -0.2) is 0 Å². The highest BCUT2D eigenvalue weighted by molar-refractivity contribution is 5.44. The number of rotatable bonds is 2. The Labute approximate surface area is 112 Å². The van der Waals surface area contributed by atoms with Crippen LogP contribution in [-0.4, -0.2) is 4.92 Å². The van der Waals surface area contributed by atoms with Gasteiger partial charge < -0.3 is 0 Å². The van der Waals surface area contributed by atoms with E-state index in [1.807, 2.05) is 6.07 Å². The van der Waals surface area contributed by atoms with Crippen molar-refractivity contribution in [1.29, 1.82) is 5.26 Å². The molecule has 19 heavy (non-hydrogen) atoms. The number of benzene rings is 1. The molecule has 1 spiro atoms. The van der Waals surface area contributed by atoms with Crippen LogP contribution in [0.25, 0.3) is 0 Å². The average molecular weight is 256 g/mol. The molecule has 0 radical (unpaired) electrons. The summed E-state index contributed by atoms with van der Waals surface area (Å²) in [4.78, 5) is 10.5. The fourth-order valence-electron chi connectivity index (χ4n) is 3.97. The normalized spacial score (nSPS) is 22.7. The highest BCUT2D eigenvalue weighted by Gasteiger charge is 2.56. The molecule has 1 aromatic carbocycles. The van der Waals surface area contributed by atoms with Crippen LogP contribution in [0.2, 0.25) is 0 Å². The largest absolute Gasteiger partial charge is 0.269 e. The van der Waals surface area contributed by atoms with Crippen molar-refractivity contribution in [3.05, 3.63) is 39.9 Å². The molecule has 4 nitrogen and oxygen atoms in total. The number of hydrogen-bond donors (Lipinski definition) is 0. The zero-order valence-electron chi connectivity index (χ0n) is 10.8. The van der Waals surface area contributed by atoms with Gasteiger partial charge >= 0.3 is 0 Å². The number of nitrogens with zero attached hydrogens (tertiary/aromatic N) is 2. The molecule has 0 unspecified atom stereocenters. The van der Waals surface area contributed by atoms with Crippen molar-refractivity contribution < 1.29 is 4.92 Å². The van der Waals surface area contributed by atoms with Gasteiger partial charge in [0.2, 0.25) is 0 Å². The Kier molecular flexibility index (Phi) is 2.60. The van der Waals surface area contributed by atoms with Crippen molar-refractivity contribution in [2.75, 3.05) is 0 Å². The first-order valence-electron chi connectivity index (χ1n) is 6.76. The smallest absolute Gasteiger partial charge is 0.258 e. The molecular weight excluding hydrogens is 240 g/mol. The summed E-state index contributed by atoms with van der Waals surface area (Å²) in [6.45, 7) is 0. The first-order chi connectivity index (χ1) is 9.09. The molecule has 98 valence electrons. The quantitative estimate of drug-likeness (QED) is 0.598. The summed E-state index contributed by atoms with van der Waals surface area (Å²) in [6, 6.07) is 9.03. The standard InChI is InChI=1S/C15H16N2O2/c16-11-15(9-14(10-15)6-1-2-7-14)12-4-3-5-13(8-12)17(18)19/h3-5,8H,1-2,6-7,9-10H2. The minimum atomic E-state index is -0.490. The van der Waals surface area contributed by atoms with Crippen LogP contribution < -0.4 is 0 Å². The Balaban J connectivity index is 1.90. The van der Waals surface area contributed by atoms with Crippen LogP contribution in [0.3, 0.4) is 0 Å². The molecule has 0 atom stereocenters. The lowest BCUT2D eigenvalue weighted by Crippen LogP contribution is -2.47. The predicted molar refractivity (Wildman–Crippen MR) is 70.5 cm³/mol. The molecule has 2 fully saturated rings. The van der Waals surface area contributed by atoms with Crippen molar-refractivity contribution in [3.63, 3.8) is 0 Å². The van der Waals surface area contributed by atoms with Crippen molar-refractivity contribution in [2.45, 2.75) is 43.9 Å². The van der Waals surface area contributed by atoms with E-state index in [2.05, 4.69) is 6.07 Å². The fourth-order valence-corrected chi connectivity index (χ4v) is 3.97. The second-order valence-corrected chi connectivity index (χ2v) is 6.06. The molecule has 2 saturated carbocycles. The molecule has 0 bridgehead atoms. The second-order valence-electron chi connectivity index (χ2n) is 6.06. The van der Waals surface area contributed by atoms with Gasteiger partial charge in [0.1, 0.15) is 0 Å². The number of nitro benzene ring substituents is 1. The van der Waals surface area contributed by atoms with Crippen LogP contribution in [0.15, 0.2) is 24.3 Å². The van der Waals surface area contributed by atoms with Crippen molar-refractivity contribution in [2.24, 2.45) is 5.41 Å². The lowest BCUT2D eigenvalue weighted by Gasteiger charge is -2.51. The van der Waals surface area contributed by atoms with Gasteiger partial charge in [0.05, 0.1) is 16.4 Å². The Bertz CT molecular complexity index is 560. The molecule has 1 aromatic rings. The van der Waals surface area contributed by atoms with Crippen LogP contribution in [-0.2, 0) is 5.41 Å². The summed E-state index contributed by atoms with van der Waals surface area (Å²) >= 11 is 0. The van der Waals surface area contributed by atoms with Crippen molar-refractivity contribution in [3.8, 4) is 6.07 Å². The van der Waals surface area contributed by atoms with Crippen LogP contribution in [0.4, 0.5) is 5.69 Å². The molecule has 0 heterocycles. The minimum Gasteiger partial charge on any atom is -0.258 e. The third kappa shape index (κ3) is 1.81. The van der Waals surface area contributed by atoms with E-state index in [0.717, 1.165) is 18.4 Å². The third-order valence-electron chi connectivity index (χ3n) is 4.84. The summed E-state index contributed by atoms with van der Waals surface area (Å²) in [5, 5.41) is 20.4. The van der Waals surface area contributed by atoms with Gasteiger partial charge in [-0.15, -0.1) is 0 Å². The summed E-state index contributed by atoms with van der Waals surface area (Å²) in [5.74, 6) is 0. The van der Waals surface area contributed by atoms with Crippen LogP contribution in [0.5, 0.6) is 0 Å². The molecule has 0 aromatic heterocycles. The molecule has 4 heteroatoms. The van der Waals surface area contributed by atoms with E-state index in [1.54, 1.807) is 12.1 Å². The maximum atomic E-state index is 10.8. The molecule has 0 N–H and O–H groups in total. The summed E-state index contributed by atoms with van der Waals surface area (Å²) in [7, 11) is 0. The van der Waals surface area contributed by atoms with E-state index in [0.29, 0.717) is 5.41 Å². The second kappa shape index (κ2) is 4.06. The fraction of sp³-hybridized carbons (Fsp3) is 0.533. The summed E-state index contributed by atoms with van der Waals surface area (Å²) in [6.07, 6.45) is 6.69. The molecule has 0 saturated heterocycles. The lowest BCUT2D eigenvalue weighted by atomic mass is 9.50. The highest BCUT2D eigenvalue weighted by atomic mass is 16.6. The lowest BCUT2D eigenvalue weighted by molar-refractivity contribution is -0.385. The Morgan fingerprint density at radius 2 is 1.95 bits per heavy atom. The van der Waals surface area contributed by atoms with E-state index >= 15 is 0 Å². The van der Waals surface area contributed by atoms with Crippen molar-refractivity contribution in [1.82, 2.24) is 0 Å². The van der Waals surface area contributed by atoms with Gasteiger partial charge in [-0.1, -0.05) is 25.0 Å². The van der Waals surface area contributed by atoms with Crippen LogP contribution in [0.1, 0.15) is 44.1 Å². The zero-order chi connectivity index (χ0) is 13.5. The van der Waals surface area contributed by atoms with Crippen LogP contribution >= 0.6 is 0 Å². The van der Waals surface area contributed by atoms with Gasteiger partial charge in [-0.2, -0.15) is 5.26 Å². The van der Waals surface area contributed by atoms with Gasteiger partial charge in [0.15, 0.2) is 0 Å². The minimum absolute atomic E-state index is 0.0829. The monoisotopic (exact) mass is 256 g/mol. The SMILES string of the molecule is N#CC1(c2cccc([N+](=O)[O-])c2)CC2(CCCC2)C1. The topological polar surface area (TPSA) is 66.9 Å². The van der Waals surface area contributed by atoms with Crippen LogP contribution in [0, 0.1) is 26.9 Å². The Hall–Kier alpha value is -1.89.